The summed E-state index contributed by atoms with van der Waals surface area (Å²) in [5.74, 6) is 0.107. The zero-order chi connectivity index (χ0) is 12.3. The van der Waals surface area contributed by atoms with Crippen molar-refractivity contribution >= 4 is 0 Å². The molecule has 4 heteroatoms. The van der Waals surface area contributed by atoms with E-state index in [1.165, 1.54) is 5.57 Å². The van der Waals surface area contributed by atoms with Crippen molar-refractivity contribution in [2.24, 2.45) is 0 Å². The summed E-state index contributed by atoms with van der Waals surface area (Å²) < 4.78 is 24.9. The van der Waals surface area contributed by atoms with Crippen molar-refractivity contribution in [2.75, 3.05) is 0 Å². The van der Waals surface area contributed by atoms with E-state index in [0.29, 0.717) is 0 Å². The Bertz CT molecular complexity index is 713. The van der Waals surface area contributed by atoms with Gasteiger partial charge in [-0.25, -0.2) is 0 Å². The smallest absolute Gasteiger partial charge is 0.315 e. The minimum absolute atomic E-state index is 0.435. The predicted molar refractivity (Wildman–Crippen MR) is 59.0 cm³/mol. The molecule has 4 unspecified atom stereocenters. The highest BCUT2D eigenvalue weighted by Crippen LogP contribution is 2.85. The van der Waals surface area contributed by atoms with Gasteiger partial charge in [-0.15, -0.1) is 0 Å². The molecule has 7 rings (SSSR count). The second-order valence-corrected chi connectivity index (χ2v) is 6.26. The average molecular weight is 244 g/mol. The Kier molecular flexibility index (Phi) is 0.833. The molecule has 0 amide bonds. The van der Waals surface area contributed by atoms with E-state index >= 15 is 0 Å². The quantitative estimate of drug-likeness (QED) is 0.610. The molecule has 6 aliphatic heterocycles. The van der Waals surface area contributed by atoms with E-state index < -0.39 is 22.8 Å². The van der Waals surface area contributed by atoms with Gasteiger partial charge in [0.2, 0.25) is 0 Å². The van der Waals surface area contributed by atoms with Gasteiger partial charge in [-0.1, -0.05) is 0 Å². The van der Waals surface area contributed by atoms with E-state index in [1.807, 2.05) is 0 Å². The van der Waals surface area contributed by atoms with Gasteiger partial charge in [-0.05, 0) is 27.7 Å². The van der Waals surface area contributed by atoms with Crippen molar-refractivity contribution in [3.8, 4) is 0 Å². The lowest BCUT2D eigenvalue weighted by Crippen LogP contribution is -2.59. The van der Waals surface area contributed by atoms with Crippen LogP contribution < -0.4 is 0 Å². The van der Waals surface area contributed by atoms with Crippen LogP contribution in [-0.2, 0) is 18.9 Å². The van der Waals surface area contributed by atoms with Gasteiger partial charge >= 0.3 is 11.6 Å². The third kappa shape index (κ3) is 0.397. The van der Waals surface area contributed by atoms with Crippen LogP contribution in [0.2, 0.25) is 0 Å². The summed E-state index contributed by atoms with van der Waals surface area (Å²) in [5.41, 5.74) is 3.72. The Morgan fingerprint density at radius 3 is 2.44 bits per heavy atom. The average Bonchev–Trinajstić information content (AvgIpc) is 2.88. The van der Waals surface area contributed by atoms with Crippen LogP contribution in [0, 0.1) is 0 Å². The molecule has 0 aromatic rings. The molecule has 7 aliphatic rings. The Labute approximate surface area is 104 Å². The summed E-state index contributed by atoms with van der Waals surface area (Å²) in [7, 11) is 0. The fourth-order valence-corrected chi connectivity index (χ4v) is 5.03. The maximum absolute atomic E-state index is 6.42. The molecule has 0 radical (unpaired) electrons. The van der Waals surface area contributed by atoms with Gasteiger partial charge in [0.25, 0.3) is 0 Å². The predicted octanol–water partition coefficient (Wildman–Crippen LogP) is 1.89. The minimum Gasteiger partial charge on any atom is -0.448 e. The summed E-state index contributed by atoms with van der Waals surface area (Å²) in [6, 6.07) is 0. The first kappa shape index (κ1) is 8.77. The van der Waals surface area contributed by atoms with Crippen molar-refractivity contribution in [3.63, 3.8) is 0 Å². The first-order chi connectivity index (χ1) is 8.45. The first-order valence-corrected chi connectivity index (χ1v) is 6.38. The van der Waals surface area contributed by atoms with Crippen LogP contribution in [0.1, 0.15) is 27.7 Å². The monoisotopic (exact) mass is 244 g/mol. The maximum Gasteiger partial charge on any atom is 0.315 e. The number of hydrogen-bond acceptors (Lipinski definition) is 4. The van der Waals surface area contributed by atoms with Gasteiger partial charge in [-0.3, -0.25) is 0 Å². The number of hydrogen-bond donors (Lipinski definition) is 0. The zero-order valence-electron chi connectivity index (χ0n) is 10.6. The first-order valence-electron chi connectivity index (χ1n) is 6.38. The highest BCUT2D eigenvalue weighted by Gasteiger charge is 3.03. The molecule has 92 valence electrons. The molecule has 0 saturated carbocycles. The lowest BCUT2D eigenvalue weighted by Gasteiger charge is -2.47. The third-order valence-electron chi connectivity index (χ3n) is 5.84. The van der Waals surface area contributed by atoms with Gasteiger partial charge in [0, 0.05) is 22.3 Å². The summed E-state index contributed by atoms with van der Waals surface area (Å²) in [4.78, 5) is 0. The van der Waals surface area contributed by atoms with E-state index in [2.05, 4.69) is 27.7 Å². The van der Waals surface area contributed by atoms with Crippen LogP contribution in [0.5, 0.6) is 0 Å². The molecule has 0 N–H and O–H groups in total. The van der Waals surface area contributed by atoms with Crippen molar-refractivity contribution in [3.05, 3.63) is 33.8 Å². The molecule has 4 nitrogen and oxygen atoms in total. The van der Waals surface area contributed by atoms with E-state index in [-0.39, 0.29) is 0 Å². The molecule has 18 heavy (non-hydrogen) atoms. The van der Waals surface area contributed by atoms with Crippen molar-refractivity contribution in [2.45, 2.75) is 50.5 Å². The number of ether oxygens (including phenoxy) is 4. The lowest BCUT2D eigenvalue weighted by molar-refractivity contribution is -0.290. The normalized spacial score (nSPS) is 59.8. The number of epoxide rings is 1. The summed E-state index contributed by atoms with van der Waals surface area (Å²) in [6.07, 6.45) is 0. The molecule has 6 bridgehead atoms. The van der Waals surface area contributed by atoms with Crippen molar-refractivity contribution < 1.29 is 18.9 Å². The van der Waals surface area contributed by atoms with Gasteiger partial charge in [0.05, 0.1) is 0 Å². The Balaban J connectivity index is 1.93. The molecule has 0 aromatic carbocycles. The fraction of sp³-hybridized carbons (Fsp3) is 0.571. The molecule has 3 spiro atoms. The second-order valence-electron chi connectivity index (χ2n) is 6.26. The van der Waals surface area contributed by atoms with Gasteiger partial charge in [-0.2, -0.15) is 0 Å². The minimum atomic E-state index is -0.840. The van der Waals surface area contributed by atoms with Gasteiger partial charge in [0.15, 0.2) is 22.7 Å². The van der Waals surface area contributed by atoms with Crippen molar-refractivity contribution in [1.82, 2.24) is 0 Å². The topological polar surface area (TPSA) is 40.2 Å². The SMILES string of the molecule is CC1=C2OC34OC5(C(C)=C2OC32OC52C)C1=C4C. The van der Waals surface area contributed by atoms with Crippen LogP contribution in [0.4, 0.5) is 0 Å². The molecular weight excluding hydrogens is 232 g/mol. The summed E-state index contributed by atoms with van der Waals surface area (Å²) in [5, 5.41) is 0. The largest absolute Gasteiger partial charge is 0.448 e. The molecule has 6 heterocycles. The van der Waals surface area contributed by atoms with Crippen LogP contribution in [0.15, 0.2) is 33.8 Å². The van der Waals surface area contributed by atoms with Crippen LogP contribution in [-0.4, -0.2) is 22.8 Å². The fourth-order valence-electron chi connectivity index (χ4n) is 5.03. The zero-order valence-corrected chi connectivity index (χ0v) is 10.6. The molecular formula is C14H12O4. The lowest BCUT2D eigenvalue weighted by atomic mass is 9.62. The Hall–Kier alpha value is -1.26. The molecule has 3 saturated heterocycles. The summed E-state index contributed by atoms with van der Waals surface area (Å²) >= 11 is 0. The molecule has 0 aromatic heterocycles. The third-order valence-corrected chi connectivity index (χ3v) is 5.84. The van der Waals surface area contributed by atoms with E-state index in [1.54, 1.807) is 0 Å². The van der Waals surface area contributed by atoms with Crippen LogP contribution in [0.25, 0.3) is 0 Å². The van der Waals surface area contributed by atoms with Crippen molar-refractivity contribution in [1.29, 1.82) is 0 Å². The molecule has 1 aliphatic carbocycles. The highest BCUT2D eigenvalue weighted by molar-refractivity contribution is 5.74. The molecule has 3 fully saturated rings. The number of rotatable bonds is 0. The van der Waals surface area contributed by atoms with Gasteiger partial charge < -0.3 is 18.9 Å². The van der Waals surface area contributed by atoms with E-state index in [4.69, 9.17) is 18.9 Å². The van der Waals surface area contributed by atoms with Crippen LogP contribution in [0.3, 0.4) is 0 Å². The van der Waals surface area contributed by atoms with Gasteiger partial charge in [0.1, 0.15) is 0 Å². The molecule has 4 atom stereocenters. The standard InChI is InChI=1S/C14H12O4/c1-5-8-6(2)13-14-11(4,17-14)12(8,18-13)7(3)10(16-14)9(5)15-13/h1-4H3. The highest BCUT2D eigenvalue weighted by atomic mass is 16.9. The van der Waals surface area contributed by atoms with E-state index in [0.717, 1.165) is 28.2 Å². The second kappa shape index (κ2) is 1.71. The van der Waals surface area contributed by atoms with Crippen LogP contribution >= 0.6 is 0 Å². The Morgan fingerprint density at radius 2 is 1.67 bits per heavy atom. The Morgan fingerprint density at radius 1 is 0.889 bits per heavy atom. The van der Waals surface area contributed by atoms with E-state index in [9.17, 15) is 0 Å². The maximum atomic E-state index is 6.42. The summed E-state index contributed by atoms with van der Waals surface area (Å²) in [6.45, 7) is 8.31.